The average molecular weight is 240 g/mol. The van der Waals surface area contributed by atoms with Crippen LogP contribution in [0, 0.1) is 5.41 Å². The molecule has 2 N–H and O–H groups in total. The molecule has 1 fully saturated rings. The second kappa shape index (κ2) is 5.27. The molecule has 1 aliphatic heterocycles. The van der Waals surface area contributed by atoms with Gasteiger partial charge in [-0.25, -0.2) is 4.98 Å². The van der Waals surface area contributed by atoms with Crippen molar-refractivity contribution in [1.29, 1.82) is 5.41 Å². The predicted molar refractivity (Wildman–Crippen MR) is 64.3 cm³/mol. The molecule has 1 unspecified atom stereocenters. The Balaban J connectivity index is 2.12. The van der Waals surface area contributed by atoms with Crippen molar-refractivity contribution in [1.82, 2.24) is 4.98 Å². The van der Waals surface area contributed by atoms with Gasteiger partial charge >= 0.3 is 0 Å². The van der Waals surface area contributed by atoms with E-state index in [1.54, 1.807) is 12.1 Å². The summed E-state index contributed by atoms with van der Waals surface area (Å²) in [6, 6.07) is 3.45. The number of nitrogens with one attached hydrogen (secondary N) is 2. The highest BCUT2D eigenvalue weighted by atomic mass is 35.5. The van der Waals surface area contributed by atoms with Crippen LogP contribution in [0.25, 0.3) is 0 Å². The van der Waals surface area contributed by atoms with Crippen LogP contribution in [0.2, 0.25) is 5.15 Å². The number of ether oxygens (including phenoxy) is 1. The maximum absolute atomic E-state index is 7.28. The molecule has 0 radical (unpaired) electrons. The lowest BCUT2D eigenvalue weighted by Crippen LogP contribution is -2.28. The summed E-state index contributed by atoms with van der Waals surface area (Å²) in [5.74, 6) is 0.620. The van der Waals surface area contributed by atoms with Crippen LogP contribution in [0.3, 0.4) is 0 Å². The molecule has 5 heteroatoms. The Morgan fingerprint density at radius 2 is 2.38 bits per heavy atom. The molecule has 4 nitrogen and oxygen atoms in total. The van der Waals surface area contributed by atoms with E-state index in [2.05, 4.69) is 10.3 Å². The van der Waals surface area contributed by atoms with E-state index in [9.17, 15) is 0 Å². The molecule has 1 saturated heterocycles. The third kappa shape index (κ3) is 2.71. The molecular weight excluding hydrogens is 226 g/mol. The van der Waals surface area contributed by atoms with Crippen LogP contribution in [0.5, 0.6) is 0 Å². The summed E-state index contributed by atoms with van der Waals surface area (Å²) in [6.45, 7) is 0.776. The highest BCUT2D eigenvalue weighted by Crippen LogP contribution is 2.19. The molecule has 16 heavy (non-hydrogen) atoms. The summed E-state index contributed by atoms with van der Waals surface area (Å²) in [7, 11) is 0. The quantitative estimate of drug-likeness (QED) is 0.630. The number of anilines is 1. The van der Waals surface area contributed by atoms with Crippen LogP contribution in [0.4, 0.5) is 5.82 Å². The Kier molecular flexibility index (Phi) is 3.74. The van der Waals surface area contributed by atoms with Crippen molar-refractivity contribution in [3.8, 4) is 0 Å². The summed E-state index contributed by atoms with van der Waals surface area (Å²) in [4.78, 5) is 4.16. The topological polar surface area (TPSA) is 58.0 Å². The van der Waals surface area contributed by atoms with Crippen molar-refractivity contribution in [2.45, 2.75) is 25.5 Å². The van der Waals surface area contributed by atoms with Gasteiger partial charge in [0.1, 0.15) is 17.2 Å². The number of hydrogen-bond donors (Lipinski definition) is 2. The van der Waals surface area contributed by atoms with Gasteiger partial charge in [-0.1, -0.05) is 11.6 Å². The fourth-order valence-corrected chi connectivity index (χ4v) is 1.83. The molecule has 1 aromatic heterocycles. The van der Waals surface area contributed by atoms with Crippen molar-refractivity contribution in [2.24, 2.45) is 0 Å². The zero-order valence-corrected chi connectivity index (χ0v) is 9.63. The van der Waals surface area contributed by atoms with Crippen molar-refractivity contribution in [3.63, 3.8) is 0 Å². The van der Waals surface area contributed by atoms with Gasteiger partial charge in [0.25, 0.3) is 0 Å². The first-order valence-electron chi connectivity index (χ1n) is 5.35. The lowest BCUT2D eigenvalue weighted by Gasteiger charge is -2.24. The highest BCUT2D eigenvalue weighted by molar-refractivity contribution is 6.29. The average Bonchev–Trinajstić information content (AvgIpc) is 2.31. The largest absolute Gasteiger partial charge is 0.359 e. The van der Waals surface area contributed by atoms with Gasteiger partial charge in [-0.05, 0) is 31.4 Å². The Morgan fingerprint density at radius 1 is 1.50 bits per heavy atom. The Morgan fingerprint density at radius 3 is 3.06 bits per heavy atom. The number of hydrogen-bond acceptors (Lipinski definition) is 4. The molecule has 0 spiro atoms. The number of aromatic nitrogens is 1. The fraction of sp³-hybridized carbons (Fsp3) is 0.455. The van der Waals surface area contributed by atoms with Gasteiger partial charge in [-0.3, -0.25) is 0 Å². The Hall–Kier alpha value is -1.13. The maximum Gasteiger partial charge on any atom is 0.138 e. The van der Waals surface area contributed by atoms with Crippen LogP contribution in [0.15, 0.2) is 12.1 Å². The van der Waals surface area contributed by atoms with E-state index < -0.39 is 0 Å². The van der Waals surface area contributed by atoms with Gasteiger partial charge in [-0.2, -0.15) is 0 Å². The van der Waals surface area contributed by atoms with Crippen molar-refractivity contribution >= 4 is 23.6 Å². The van der Waals surface area contributed by atoms with Gasteiger partial charge < -0.3 is 15.5 Å². The highest BCUT2D eigenvalue weighted by Gasteiger charge is 2.15. The minimum atomic E-state index is -0.0154. The summed E-state index contributed by atoms with van der Waals surface area (Å²) in [5.41, 5.74) is 0.721. The smallest absolute Gasteiger partial charge is 0.138 e. The van der Waals surface area contributed by atoms with E-state index in [4.69, 9.17) is 21.7 Å². The molecule has 0 bridgehead atoms. The molecule has 2 heterocycles. The molecule has 2 rings (SSSR count). The second-order valence-corrected chi connectivity index (χ2v) is 4.10. The molecule has 0 saturated carbocycles. The summed E-state index contributed by atoms with van der Waals surface area (Å²) < 4.78 is 5.55. The third-order valence-corrected chi connectivity index (χ3v) is 2.74. The minimum absolute atomic E-state index is 0.0154. The summed E-state index contributed by atoms with van der Waals surface area (Å²) in [6.07, 6.45) is 4.47. The Bertz CT molecular complexity index is 377. The molecule has 1 aromatic rings. The Labute approximate surface area is 99.5 Å². The van der Waals surface area contributed by atoms with Crippen LogP contribution < -0.4 is 5.32 Å². The van der Waals surface area contributed by atoms with Gasteiger partial charge in [0.05, 0.1) is 0 Å². The van der Waals surface area contributed by atoms with Crippen LogP contribution in [0.1, 0.15) is 24.8 Å². The molecule has 1 atom stereocenters. The van der Waals surface area contributed by atoms with Gasteiger partial charge in [-0.15, -0.1) is 0 Å². The first-order valence-corrected chi connectivity index (χ1v) is 5.72. The SMILES string of the molecule is N=Cc1ccc(Cl)nc1NC1CCCCO1. The van der Waals surface area contributed by atoms with E-state index in [-0.39, 0.29) is 6.23 Å². The van der Waals surface area contributed by atoms with Crippen molar-refractivity contribution in [2.75, 3.05) is 11.9 Å². The van der Waals surface area contributed by atoms with E-state index >= 15 is 0 Å². The molecule has 86 valence electrons. The van der Waals surface area contributed by atoms with E-state index in [0.717, 1.165) is 31.4 Å². The standard InChI is InChI=1S/C11H14ClN3O/c12-9-5-4-8(7-13)11(14-9)15-10-3-1-2-6-16-10/h4-5,7,10,13H,1-3,6H2,(H,14,15). The number of nitrogens with zero attached hydrogens (tertiary/aromatic N) is 1. The number of halogens is 1. The molecule has 0 amide bonds. The maximum atomic E-state index is 7.28. The van der Waals surface area contributed by atoms with Gasteiger partial charge in [0.2, 0.25) is 0 Å². The monoisotopic (exact) mass is 239 g/mol. The van der Waals surface area contributed by atoms with Crippen LogP contribution in [-0.4, -0.2) is 24.0 Å². The first kappa shape index (κ1) is 11.4. The number of rotatable bonds is 3. The third-order valence-electron chi connectivity index (χ3n) is 2.53. The van der Waals surface area contributed by atoms with Gasteiger partial charge in [0, 0.05) is 18.4 Å². The van der Waals surface area contributed by atoms with Crippen LogP contribution >= 0.6 is 11.6 Å². The second-order valence-electron chi connectivity index (χ2n) is 3.72. The van der Waals surface area contributed by atoms with E-state index in [1.807, 2.05) is 0 Å². The zero-order chi connectivity index (χ0) is 11.4. The zero-order valence-electron chi connectivity index (χ0n) is 8.87. The van der Waals surface area contributed by atoms with Crippen LogP contribution in [-0.2, 0) is 4.74 Å². The summed E-state index contributed by atoms with van der Waals surface area (Å²) >= 11 is 5.82. The molecule has 0 aromatic carbocycles. The summed E-state index contributed by atoms with van der Waals surface area (Å²) in [5, 5.41) is 10.9. The first-order chi connectivity index (χ1) is 7.79. The van der Waals surface area contributed by atoms with Crippen molar-refractivity contribution < 1.29 is 4.74 Å². The molecule has 1 aliphatic rings. The molecular formula is C11H14ClN3O. The van der Waals surface area contributed by atoms with E-state index in [1.165, 1.54) is 6.21 Å². The van der Waals surface area contributed by atoms with Crippen molar-refractivity contribution in [3.05, 3.63) is 22.8 Å². The minimum Gasteiger partial charge on any atom is -0.359 e. The lowest BCUT2D eigenvalue weighted by atomic mass is 10.2. The number of pyridine rings is 1. The van der Waals surface area contributed by atoms with Gasteiger partial charge in [0.15, 0.2) is 0 Å². The fourth-order valence-electron chi connectivity index (χ4n) is 1.69. The normalized spacial score (nSPS) is 20.4. The molecule has 0 aliphatic carbocycles. The predicted octanol–water partition coefficient (Wildman–Crippen LogP) is 2.67. The lowest BCUT2D eigenvalue weighted by molar-refractivity contribution is 0.0341. The van der Waals surface area contributed by atoms with E-state index in [0.29, 0.717) is 11.0 Å².